The molecule has 1 atom stereocenters. The van der Waals surface area contributed by atoms with Crippen molar-refractivity contribution in [3.05, 3.63) is 23.2 Å². The minimum Gasteiger partial charge on any atom is -0.465 e. The van der Waals surface area contributed by atoms with Gasteiger partial charge in [0, 0.05) is 37.8 Å². The molecule has 1 N–H and O–H groups in total. The molecule has 21 heavy (non-hydrogen) atoms. The molecule has 0 amide bonds. The first-order valence-corrected chi connectivity index (χ1v) is 8.17. The molecule has 120 valence electrons. The minimum atomic E-state index is 0.594. The van der Waals surface area contributed by atoms with Crippen molar-refractivity contribution in [2.24, 2.45) is 5.92 Å². The summed E-state index contributed by atoms with van der Waals surface area (Å²) in [5.41, 5.74) is 1.30. The zero-order chi connectivity index (χ0) is 15.4. The molecule has 2 heterocycles. The van der Waals surface area contributed by atoms with Gasteiger partial charge in [-0.05, 0) is 39.4 Å². The SMILES string of the molecule is Cc1oc(CN2CCN(C)CC2C)cc1CNCC(C)C. The van der Waals surface area contributed by atoms with Gasteiger partial charge in [-0.15, -0.1) is 0 Å². The van der Waals surface area contributed by atoms with Crippen LogP contribution in [-0.2, 0) is 13.1 Å². The number of likely N-dealkylation sites (N-methyl/N-ethyl adjacent to an activating group) is 1. The number of nitrogens with one attached hydrogen (secondary N) is 1. The highest BCUT2D eigenvalue weighted by Gasteiger charge is 2.22. The lowest BCUT2D eigenvalue weighted by Gasteiger charge is -2.37. The van der Waals surface area contributed by atoms with Crippen LogP contribution >= 0.6 is 0 Å². The quantitative estimate of drug-likeness (QED) is 0.873. The Bertz CT molecular complexity index is 441. The lowest BCUT2D eigenvalue weighted by molar-refractivity contribution is 0.0872. The highest BCUT2D eigenvalue weighted by atomic mass is 16.3. The van der Waals surface area contributed by atoms with Crippen LogP contribution in [-0.4, -0.2) is 49.1 Å². The molecule has 0 saturated carbocycles. The molecule has 1 aromatic heterocycles. The van der Waals surface area contributed by atoms with E-state index >= 15 is 0 Å². The predicted molar refractivity (Wildman–Crippen MR) is 87.4 cm³/mol. The van der Waals surface area contributed by atoms with Crippen molar-refractivity contribution >= 4 is 0 Å². The Morgan fingerprint density at radius 2 is 2.14 bits per heavy atom. The van der Waals surface area contributed by atoms with Gasteiger partial charge in [-0.2, -0.15) is 0 Å². The van der Waals surface area contributed by atoms with Crippen LogP contribution in [0.1, 0.15) is 37.9 Å². The molecule has 1 aliphatic heterocycles. The lowest BCUT2D eigenvalue weighted by Crippen LogP contribution is -2.49. The molecule has 0 aromatic carbocycles. The van der Waals surface area contributed by atoms with E-state index in [1.807, 2.05) is 0 Å². The van der Waals surface area contributed by atoms with Gasteiger partial charge in [-0.1, -0.05) is 13.8 Å². The third kappa shape index (κ3) is 4.83. The van der Waals surface area contributed by atoms with Gasteiger partial charge >= 0.3 is 0 Å². The Balaban J connectivity index is 1.89. The Morgan fingerprint density at radius 3 is 2.81 bits per heavy atom. The van der Waals surface area contributed by atoms with Gasteiger partial charge < -0.3 is 14.6 Å². The Kier molecular flexibility index (Phi) is 5.85. The van der Waals surface area contributed by atoms with Gasteiger partial charge in [-0.3, -0.25) is 4.90 Å². The van der Waals surface area contributed by atoms with Crippen LogP contribution in [0.3, 0.4) is 0 Å². The Labute approximate surface area is 129 Å². The van der Waals surface area contributed by atoms with Crippen molar-refractivity contribution in [2.45, 2.75) is 46.8 Å². The topological polar surface area (TPSA) is 31.7 Å². The smallest absolute Gasteiger partial charge is 0.118 e. The van der Waals surface area contributed by atoms with Gasteiger partial charge in [0.2, 0.25) is 0 Å². The summed E-state index contributed by atoms with van der Waals surface area (Å²) >= 11 is 0. The van der Waals surface area contributed by atoms with Crippen molar-refractivity contribution < 1.29 is 4.42 Å². The fraction of sp³-hybridized carbons (Fsp3) is 0.765. The van der Waals surface area contributed by atoms with Gasteiger partial charge in [0.15, 0.2) is 0 Å². The van der Waals surface area contributed by atoms with Crippen LogP contribution in [0.4, 0.5) is 0 Å². The third-order valence-electron chi connectivity index (χ3n) is 4.27. The second-order valence-electron chi connectivity index (χ2n) is 6.90. The van der Waals surface area contributed by atoms with E-state index in [9.17, 15) is 0 Å². The van der Waals surface area contributed by atoms with Crippen molar-refractivity contribution in [3.8, 4) is 0 Å². The predicted octanol–water partition coefficient (Wildman–Crippen LogP) is 2.47. The second-order valence-corrected chi connectivity index (χ2v) is 6.90. The maximum absolute atomic E-state index is 5.95. The number of rotatable bonds is 6. The van der Waals surface area contributed by atoms with Gasteiger partial charge in [0.25, 0.3) is 0 Å². The van der Waals surface area contributed by atoms with Crippen molar-refractivity contribution in [1.82, 2.24) is 15.1 Å². The monoisotopic (exact) mass is 293 g/mol. The highest BCUT2D eigenvalue weighted by Crippen LogP contribution is 2.19. The molecule has 0 aliphatic carbocycles. The molecular formula is C17H31N3O. The van der Waals surface area contributed by atoms with Crippen molar-refractivity contribution in [1.29, 1.82) is 0 Å². The zero-order valence-corrected chi connectivity index (χ0v) is 14.3. The number of furan rings is 1. The summed E-state index contributed by atoms with van der Waals surface area (Å²) in [6.07, 6.45) is 0. The number of aryl methyl sites for hydroxylation is 1. The van der Waals surface area contributed by atoms with Gasteiger partial charge in [0.1, 0.15) is 11.5 Å². The van der Waals surface area contributed by atoms with Crippen LogP contribution in [0.15, 0.2) is 10.5 Å². The molecule has 2 rings (SSSR count). The molecule has 4 heteroatoms. The maximum Gasteiger partial charge on any atom is 0.118 e. The Hall–Kier alpha value is -0.840. The normalized spacial score (nSPS) is 21.3. The zero-order valence-electron chi connectivity index (χ0n) is 14.3. The molecule has 1 aliphatic rings. The fourth-order valence-corrected chi connectivity index (χ4v) is 2.95. The summed E-state index contributed by atoms with van der Waals surface area (Å²) in [6, 6.07) is 2.82. The second kappa shape index (κ2) is 7.43. The first kappa shape index (κ1) is 16.5. The van der Waals surface area contributed by atoms with Crippen LogP contribution in [0.2, 0.25) is 0 Å². The van der Waals surface area contributed by atoms with E-state index < -0.39 is 0 Å². The van der Waals surface area contributed by atoms with E-state index in [4.69, 9.17) is 4.42 Å². The summed E-state index contributed by atoms with van der Waals surface area (Å²) < 4.78 is 5.95. The first-order valence-electron chi connectivity index (χ1n) is 8.17. The van der Waals surface area contributed by atoms with Crippen LogP contribution in [0.25, 0.3) is 0 Å². The molecule has 1 aromatic rings. The number of nitrogens with zero attached hydrogens (tertiary/aromatic N) is 2. The van der Waals surface area contributed by atoms with E-state index in [2.05, 4.69) is 55.9 Å². The average molecular weight is 293 g/mol. The molecule has 0 spiro atoms. The summed E-state index contributed by atoms with van der Waals surface area (Å²) in [5.74, 6) is 2.84. The fourth-order valence-electron chi connectivity index (χ4n) is 2.95. The maximum atomic E-state index is 5.95. The summed E-state index contributed by atoms with van der Waals surface area (Å²) in [5, 5.41) is 3.49. The molecule has 4 nitrogen and oxygen atoms in total. The number of hydrogen-bond acceptors (Lipinski definition) is 4. The van der Waals surface area contributed by atoms with Crippen LogP contribution < -0.4 is 5.32 Å². The average Bonchev–Trinajstić information content (AvgIpc) is 2.73. The number of hydrogen-bond donors (Lipinski definition) is 1. The first-order chi connectivity index (χ1) is 9.95. The summed E-state index contributed by atoms with van der Waals surface area (Å²) in [4.78, 5) is 4.92. The van der Waals surface area contributed by atoms with E-state index in [1.165, 1.54) is 5.56 Å². The van der Waals surface area contributed by atoms with Crippen molar-refractivity contribution in [3.63, 3.8) is 0 Å². The largest absolute Gasteiger partial charge is 0.465 e. The molecule has 1 fully saturated rings. The van der Waals surface area contributed by atoms with Gasteiger partial charge in [-0.25, -0.2) is 0 Å². The number of piperazine rings is 1. The highest BCUT2D eigenvalue weighted by molar-refractivity contribution is 5.20. The van der Waals surface area contributed by atoms with E-state index in [0.717, 1.165) is 50.8 Å². The summed E-state index contributed by atoms with van der Waals surface area (Å²) in [7, 11) is 2.20. The van der Waals surface area contributed by atoms with E-state index in [-0.39, 0.29) is 0 Å². The van der Waals surface area contributed by atoms with Crippen LogP contribution in [0.5, 0.6) is 0 Å². The van der Waals surface area contributed by atoms with Crippen molar-refractivity contribution in [2.75, 3.05) is 33.2 Å². The van der Waals surface area contributed by atoms with Gasteiger partial charge in [0.05, 0.1) is 6.54 Å². The van der Waals surface area contributed by atoms with E-state index in [1.54, 1.807) is 0 Å². The molecule has 1 saturated heterocycles. The van der Waals surface area contributed by atoms with Crippen LogP contribution in [0, 0.1) is 12.8 Å². The third-order valence-corrected chi connectivity index (χ3v) is 4.27. The summed E-state index contributed by atoms with van der Waals surface area (Å²) in [6.45, 7) is 15.1. The molecule has 1 unspecified atom stereocenters. The minimum absolute atomic E-state index is 0.594. The molecule has 0 bridgehead atoms. The lowest BCUT2D eigenvalue weighted by atomic mass is 10.2. The molecular weight excluding hydrogens is 262 g/mol. The standard InChI is InChI=1S/C17H31N3O/c1-13(2)9-18-10-16-8-17(21-15(16)4)12-20-7-6-19(5)11-14(20)3/h8,13-14,18H,6-7,9-12H2,1-5H3. The molecule has 0 radical (unpaired) electrons. The Morgan fingerprint density at radius 1 is 1.38 bits per heavy atom. The van der Waals surface area contributed by atoms with E-state index in [0.29, 0.717) is 12.0 Å².